The lowest BCUT2D eigenvalue weighted by molar-refractivity contribution is -0.122. The fourth-order valence-electron chi connectivity index (χ4n) is 14.3. The van der Waals surface area contributed by atoms with Crippen LogP contribution in [0.4, 0.5) is 0 Å². The van der Waals surface area contributed by atoms with Gasteiger partial charge in [-0.25, -0.2) is 0 Å². The summed E-state index contributed by atoms with van der Waals surface area (Å²) in [5.41, 5.74) is 8.48. The number of hydrogen-bond donors (Lipinski definition) is 9. The van der Waals surface area contributed by atoms with Gasteiger partial charge in [0.25, 0.3) is 46.6 Å². The van der Waals surface area contributed by atoms with Gasteiger partial charge in [0.1, 0.15) is 38.7 Å². The van der Waals surface area contributed by atoms with Gasteiger partial charge in [0.15, 0.2) is 11.5 Å². The number of hydrogen-bond acceptors (Lipinski definition) is 24. The Morgan fingerprint density at radius 1 is 0.354 bits per heavy atom. The highest BCUT2D eigenvalue weighted by molar-refractivity contribution is 6.04. The molecule has 1 unspecified atom stereocenters. The van der Waals surface area contributed by atoms with Crippen molar-refractivity contribution in [1.82, 2.24) is 71.3 Å². The molecule has 7 heterocycles. The van der Waals surface area contributed by atoms with E-state index in [1.165, 1.54) is 21.3 Å². The van der Waals surface area contributed by atoms with Crippen LogP contribution in [0.1, 0.15) is 122 Å². The SMILES string of the molecule is CCCOCCOCCN1CCNC(=O)c2cccc(c2C)C(=O)NCCN(CC(CN2CCNC(=O)c3cc(C)n(c(=O)c3OCc3ccccc3)CC(=O)NCCN(CCOCCOCCOC)CCNC(=O)Cn3c(C)cc(c(OCc4ccccc4)c3=O)C(=O)NCC2)OCCCCN)CCNC(=O)c2cccc(c2OCc2ccccc2)C(=O)NCC1. The van der Waals surface area contributed by atoms with E-state index in [0.29, 0.717) is 145 Å². The molecule has 0 radical (unpaired) electrons. The van der Waals surface area contributed by atoms with Crippen molar-refractivity contribution < 1.29 is 81.0 Å². The molecule has 1 atom stereocenters. The minimum Gasteiger partial charge on any atom is -0.487 e. The summed E-state index contributed by atoms with van der Waals surface area (Å²) in [7, 11) is 1.59. The highest BCUT2D eigenvalue weighted by Gasteiger charge is 2.29. The third kappa shape index (κ3) is 33.5. The van der Waals surface area contributed by atoms with E-state index in [2.05, 4.69) is 47.4 Å². The van der Waals surface area contributed by atoms with Crippen LogP contribution in [0.25, 0.3) is 0 Å². The van der Waals surface area contributed by atoms with Crippen LogP contribution in [0.2, 0.25) is 0 Å². The van der Waals surface area contributed by atoms with E-state index >= 15 is 0 Å². The zero-order chi connectivity index (χ0) is 90.3. The number of para-hydroxylation sites is 1. The van der Waals surface area contributed by atoms with Gasteiger partial charge in [-0.2, -0.15) is 0 Å². The Labute approximate surface area is 742 Å². The molecule has 5 aliphatic rings. The number of ether oxygens (including phenoxy) is 9. The number of carbonyl (C=O) groups is 8. The molecule has 12 rings (SSSR count). The minimum absolute atomic E-state index is 0.0248. The summed E-state index contributed by atoms with van der Waals surface area (Å²) in [5.74, 6) is -4.70. The van der Waals surface area contributed by atoms with Crippen LogP contribution in [0.5, 0.6) is 17.2 Å². The van der Waals surface area contributed by atoms with E-state index in [4.69, 9.17) is 48.4 Å². The average molecular weight is 1760 g/mol. The predicted octanol–water partition coefficient (Wildman–Crippen LogP) is 3.87. The first-order valence-corrected chi connectivity index (χ1v) is 43.8. The normalized spacial score (nSPS) is 16.0. The fraction of sp³-hybridized carbons (Fsp3) is 0.484. The molecule has 7 aromatic rings. The third-order valence-electron chi connectivity index (χ3n) is 21.3. The molecular weight excluding hydrogens is 1630 g/mol. The van der Waals surface area contributed by atoms with Crippen molar-refractivity contribution in [3.63, 3.8) is 0 Å². The van der Waals surface area contributed by atoms with Crippen molar-refractivity contribution in [3.05, 3.63) is 227 Å². The van der Waals surface area contributed by atoms with Crippen LogP contribution >= 0.6 is 0 Å². The molecule has 8 amide bonds. The van der Waals surface area contributed by atoms with Crippen LogP contribution in [-0.4, -0.2) is 293 Å². The summed E-state index contributed by atoms with van der Waals surface area (Å²) in [5, 5.41) is 24.1. The number of nitrogens with one attached hydrogen (secondary N) is 8. The van der Waals surface area contributed by atoms with Gasteiger partial charge in [-0.1, -0.05) is 110 Å². The number of unbranched alkanes of at least 4 members (excludes halogenated alkanes) is 1. The van der Waals surface area contributed by atoms with Gasteiger partial charge < -0.3 is 100 Å². The number of benzene rings is 5. The maximum Gasteiger partial charge on any atom is 0.294 e. The summed E-state index contributed by atoms with van der Waals surface area (Å²) < 4.78 is 56.4. The van der Waals surface area contributed by atoms with Crippen molar-refractivity contribution in [2.45, 2.75) is 86.0 Å². The van der Waals surface area contributed by atoms with Crippen molar-refractivity contribution in [3.8, 4) is 17.2 Å². The molecule has 127 heavy (non-hydrogen) atoms. The molecule has 0 saturated heterocycles. The first-order chi connectivity index (χ1) is 61.8. The lowest BCUT2D eigenvalue weighted by Crippen LogP contribution is -2.48. The van der Waals surface area contributed by atoms with E-state index in [9.17, 15) is 47.9 Å². The van der Waals surface area contributed by atoms with Gasteiger partial charge >= 0.3 is 0 Å². The van der Waals surface area contributed by atoms with Crippen molar-refractivity contribution >= 4 is 47.3 Å². The summed E-state index contributed by atoms with van der Waals surface area (Å²) in [4.78, 5) is 154. The molecule has 8 bridgehead atoms. The van der Waals surface area contributed by atoms with Crippen LogP contribution in [0.15, 0.2) is 149 Å². The Kier molecular flexibility index (Phi) is 43.4. The van der Waals surface area contributed by atoms with Gasteiger partial charge in [-0.15, -0.1) is 0 Å². The van der Waals surface area contributed by atoms with Gasteiger partial charge in [0.05, 0.1) is 81.2 Å². The average Bonchev–Trinajstić information content (AvgIpc) is 0.796. The summed E-state index contributed by atoms with van der Waals surface area (Å²) >= 11 is 0. The van der Waals surface area contributed by atoms with Crippen LogP contribution < -0.4 is 73.6 Å². The Morgan fingerprint density at radius 3 is 1.06 bits per heavy atom. The number of nitrogens with two attached hydrogens (primary N) is 1. The number of nitrogens with zero attached hydrogens (tertiary/aromatic N) is 6. The van der Waals surface area contributed by atoms with E-state index in [1.54, 1.807) is 64.3 Å². The molecule has 34 heteroatoms. The molecule has 0 saturated carbocycles. The Bertz CT molecular complexity index is 4600. The van der Waals surface area contributed by atoms with Gasteiger partial charge in [0, 0.05) is 174 Å². The fourth-order valence-corrected chi connectivity index (χ4v) is 14.3. The quantitative estimate of drug-likeness (QED) is 0.0255. The molecule has 0 spiro atoms. The first kappa shape index (κ1) is 99.5. The molecule has 688 valence electrons. The molecule has 5 aliphatic heterocycles. The minimum atomic E-state index is -0.724. The molecule has 0 fully saturated rings. The summed E-state index contributed by atoms with van der Waals surface area (Å²) in [6.45, 7) is 13.8. The van der Waals surface area contributed by atoms with Crippen LogP contribution in [0.3, 0.4) is 0 Å². The molecule has 10 N–H and O–H groups in total. The van der Waals surface area contributed by atoms with Gasteiger partial charge in [0.2, 0.25) is 11.8 Å². The lowest BCUT2D eigenvalue weighted by atomic mass is 10.0. The van der Waals surface area contributed by atoms with E-state index in [0.717, 1.165) is 12.0 Å². The highest BCUT2D eigenvalue weighted by atomic mass is 16.5. The van der Waals surface area contributed by atoms with Crippen LogP contribution in [0, 0.1) is 20.8 Å². The number of rotatable bonds is 35. The number of fused-ring (bicyclic) bond motifs is 4. The highest BCUT2D eigenvalue weighted by Crippen LogP contribution is 2.27. The maximum atomic E-state index is 15.0. The Morgan fingerprint density at radius 2 is 0.685 bits per heavy atom. The predicted molar refractivity (Wildman–Crippen MR) is 480 cm³/mol. The number of methoxy groups -OCH3 is 1. The van der Waals surface area contributed by atoms with Crippen molar-refractivity contribution in [1.29, 1.82) is 0 Å². The van der Waals surface area contributed by atoms with Crippen LogP contribution in [-0.2, 0) is 70.9 Å². The summed E-state index contributed by atoms with van der Waals surface area (Å²) in [6.07, 6.45) is 1.37. The van der Waals surface area contributed by atoms with Gasteiger partial charge in [-0.3, -0.25) is 67.5 Å². The molecular formula is C93H127N15O19. The second kappa shape index (κ2) is 55.3. The second-order valence-corrected chi connectivity index (χ2v) is 30.8. The number of aryl methyl sites for hydroxylation is 2. The molecule has 2 aromatic heterocycles. The van der Waals surface area contributed by atoms with E-state index in [1.807, 2.05) is 113 Å². The first-order valence-electron chi connectivity index (χ1n) is 43.8. The number of aromatic nitrogens is 2. The number of pyridine rings is 2. The zero-order valence-electron chi connectivity index (χ0n) is 74.0. The molecule has 34 nitrogen and oxygen atoms in total. The molecule has 0 aliphatic carbocycles. The Hall–Kier alpha value is -11.3. The smallest absolute Gasteiger partial charge is 0.294 e. The standard InChI is InChI=1S/C93H127N15O19/c1-6-49-120-55-56-121-52-48-104-41-33-97-86(111)75-26-18-27-76(70(75)4)87(112)98-35-43-105(44-36-100-89(114)78-29-19-28-77(88(113)99-34-42-104)83(78)125-65-71-20-10-7-11-21-71)61-74(124-50-17-16-30-94)62-106-45-37-101-90(115)79-59-68(2)107(92(117)84(79)126-66-72-22-12-8-13-23-72)63-81(109)95-31-39-103(47-51-122-57-58-123-54-53-119-5)40-32-96-82(110)64-108-69(3)60-80(91(116)102-38-46-106)85(93(108)118)127-67-73-24-14-9-15-25-73/h7-15,18-29,59-60,74H,6,16-17,30-58,61-67,94H2,1-5H3,(H,95,109)(H,96,110)(H,97,111)(H,98,112)(H,99,113)(H,100,114)(H,101,115)(H,102,116). The second-order valence-electron chi connectivity index (χ2n) is 30.8. The van der Waals surface area contributed by atoms with E-state index < -0.39 is 71.7 Å². The molecule has 5 aromatic carbocycles. The largest absolute Gasteiger partial charge is 0.487 e. The van der Waals surface area contributed by atoms with E-state index in [-0.39, 0.29) is 176 Å². The summed E-state index contributed by atoms with van der Waals surface area (Å²) in [6, 6.07) is 40.3. The maximum absolute atomic E-state index is 15.0. The third-order valence-corrected chi connectivity index (χ3v) is 21.3. The van der Waals surface area contributed by atoms with Crippen molar-refractivity contribution in [2.24, 2.45) is 5.73 Å². The van der Waals surface area contributed by atoms with Gasteiger partial charge in [-0.05, 0) is 105 Å². The van der Waals surface area contributed by atoms with Crippen molar-refractivity contribution in [2.75, 3.05) is 211 Å². The topological polar surface area (TPSA) is 399 Å². The lowest BCUT2D eigenvalue weighted by Gasteiger charge is -2.32. The number of amides is 8. The Balaban J connectivity index is 1.03. The zero-order valence-corrected chi connectivity index (χ0v) is 74.0. The monoisotopic (exact) mass is 1760 g/mol. The number of carbonyl (C=O) groups excluding carboxylic acids is 8.